The highest BCUT2D eigenvalue weighted by molar-refractivity contribution is 5.45. The summed E-state index contributed by atoms with van der Waals surface area (Å²) in [5.74, 6) is 0.697. The van der Waals surface area contributed by atoms with Crippen LogP contribution in [-0.2, 0) is 0 Å². The van der Waals surface area contributed by atoms with Gasteiger partial charge in [-0.3, -0.25) is 4.48 Å². The predicted octanol–water partition coefficient (Wildman–Crippen LogP) is 4.32. The Kier molecular flexibility index (Phi) is 7.25. The molecule has 1 aromatic rings. The molecule has 1 rings (SSSR count). The van der Waals surface area contributed by atoms with E-state index in [4.69, 9.17) is 5.11 Å². The lowest BCUT2D eigenvalue weighted by atomic mass is 9.90. The Morgan fingerprint density at radius 3 is 2.30 bits per heavy atom. The van der Waals surface area contributed by atoms with Gasteiger partial charge in [-0.1, -0.05) is 38.8 Å². The molecule has 0 aliphatic heterocycles. The third-order valence-electron chi connectivity index (χ3n) is 4.19. The summed E-state index contributed by atoms with van der Waals surface area (Å²) in [4.78, 5) is 0. The van der Waals surface area contributed by atoms with Crippen molar-refractivity contribution in [3.05, 3.63) is 29.8 Å². The Morgan fingerprint density at radius 2 is 1.75 bits per heavy atom. The SMILES string of the molecule is CCCC(CCC)c1cccc([N+](C)(C)CCCO)c1. The van der Waals surface area contributed by atoms with Crippen LogP contribution in [0, 0.1) is 0 Å². The van der Waals surface area contributed by atoms with Crippen LogP contribution in [0.15, 0.2) is 24.3 Å². The highest BCUT2D eigenvalue weighted by Crippen LogP contribution is 2.30. The average Bonchev–Trinajstić information content (AvgIpc) is 2.45. The summed E-state index contributed by atoms with van der Waals surface area (Å²) in [5.41, 5.74) is 2.84. The van der Waals surface area contributed by atoms with Crippen LogP contribution >= 0.6 is 0 Å². The smallest absolute Gasteiger partial charge is 0.132 e. The standard InChI is InChI=1S/C18H32NO/c1-5-9-16(10-6-2)17-11-7-12-18(15-17)19(3,4)13-8-14-20/h7,11-12,15-16,20H,5-6,8-10,13-14H2,1-4H3/q+1. The van der Waals surface area contributed by atoms with Crippen molar-refractivity contribution >= 4 is 5.69 Å². The highest BCUT2D eigenvalue weighted by Gasteiger charge is 2.20. The molecule has 1 aromatic carbocycles. The topological polar surface area (TPSA) is 20.2 Å². The predicted molar refractivity (Wildman–Crippen MR) is 89.2 cm³/mol. The number of benzene rings is 1. The molecule has 0 heterocycles. The molecular formula is C18H32NO+. The zero-order chi connectivity index (χ0) is 15.0. The number of aliphatic hydroxyl groups is 1. The summed E-state index contributed by atoms with van der Waals surface area (Å²) in [6.45, 7) is 5.80. The summed E-state index contributed by atoms with van der Waals surface area (Å²) in [7, 11) is 4.45. The van der Waals surface area contributed by atoms with E-state index in [1.165, 1.54) is 36.9 Å². The lowest BCUT2D eigenvalue weighted by Crippen LogP contribution is -2.41. The molecule has 0 saturated heterocycles. The van der Waals surface area contributed by atoms with Gasteiger partial charge in [0.2, 0.25) is 0 Å². The molecule has 114 valence electrons. The van der Waals surface area contributed by atoms with Crippen LogP contribution in [0.1, 0.15) is 57.4 Å². The van der Waals surface area contributed by atoms with Crippen LogP contribution in [0.2, 0.25) is 0 Å². The average molecular weight is 278 g/mol. The molecule has 0 atom stereocenters. The molecule has 0 aromatic heterocycles. The minimum atomic E-state index is 0.273. The molecule has 2 heteroatoms. The van der Waals surface area contributed by atoms with E-state index in [0.29, 0.717) is 5.92 Å². The number of nitrogens with zero attached hydrogens (tertiary/aromatic N) is 1. The maximum Gasteiger partial charge on any atom is 0.132 e. The molecular weight excluding hydrogens is 246 g/mol. The van der Waals surface area contributed by atoms with Gasteiger partial charge in [0.05, 0.1) is 20.6 Å². The molecule has 1 N–H and O–H groups in total. The van der Waals surface area contributed by atoms with Gasteiger partial charge < -0.3 is 5.11 Å². The van der Waals surface area contributed by atoms with E-state index < -0.39 is 0 Å². The maximum atomic E-state index is 9.05. The Bertz CT molecular complexity index is 381. The minimum Gasteiger partial charge on any atom is -0.396 e. The van der Waals surface area contributed by atoms with Crippen molar-refractivity contribution in [1.82, 2.24) is 4.48 Å². The molecule has 2 nitrogen and oxygen atoms in total. The van der Waals surface area contributed by atoms with E-state index in [1.54, 1.807) is 0 Å². The van der Waals surface area contributed by atoms with Gasteiger partial charge in [-0.15, -0.1) is 0 Å². The quantitative estimate of drug-likeness (QED) is 0.667. The zero-order valence-electron chi connectivity index (χ0n) is 13.7. The summed E-state index contributed by atoms with van der Waals surface area (Å²) >= 11 is 0. The van der Waals surface area contributed by atoms with Crippen LogP contribution < -0.4 is 4.48 Å². The molecule has 0 radical (unpaired) electrons. The fourth-order valence-electron chi connectivity index (χ4n) is 2.92. The van der Waals surface area contributed by atoms with E-state index in [0.717, 1.165) is 17.4 Å². The molecule has 0 unspecified atom stereocenters. The Hall–Kier alpha value is -0.860. The van der Waals surface area contributed by atoms with Gasteiger partial charge in [0.1, 0.15) is 5.69 Å². The van der Waals surface area contributed by atoms with Crippen molar-refractivity contribution in [1.29, 1.82) is 0 Å². The fourth-order valence-corrected chi connectivity index (χ4v) is 2.92. The minimum absolute atomic E-state index is 0.273. The highest BCUT2D eigenvalue weighted by atomic mass is 16.3. The van der Waals surface area contributed by atoms with Gasteiger partial charge in [-0.25, -0.2) is 0 Å². The third-order valence-corrected chi connectivity index (χ3v) is 4.19. The van der Waals surface area contributed by atoms with Gasteiger partial charge >= 0.3 is 0 Å². The Labute approximate surface area is 125 Å². The molecule has 0 amide bonds. The van der Waals surface area contributed by atoms with Crippen molar-refractivity contribution in [3.63, 3.8) is 0 Å². The fraction of sp³-hybridized carbons (Fsp3) is 0.667. The molecule has 0 saturated carbocycles. The van der Waals surface area contributed by atoms with Crippen LogP contribution in [-0.4, -0.2) is 32.4 Å². The summed E-state index contributed by atoms with van der Waals surface area (Å²) < 4.78 is 0.847. The largest absolute Gasteiger partial charge is 0.396 e. The first kappa shape index (κ1) is 17.2. The Balaban J connectivity index is 2.93. The number of quaternary nitrogens is 1. The number of rotatable bonds is 9. The van der Waals surface area contributed by atoms with Crippen molar-refractivity contribution in [2.75, 3.05) is 27.2 Å². The first-order chi connectivity index (χ1) is 9.55. The lowest BCUT2D eigenvalue weighted by Gasteiger charge is -2.30. The van der Waals surface area contributed by atoms with Crippen LogP contribution in [0.4, 0.5) is 5.69 Å². The van der Waals surface area contributed by atoms with Crippen LogP contribution in [0.3, 0.4) is 0 Å². The second kappa shape index (κ2) is 8.43. The molecule has 20 heavy (non-hydrogen) atoms. The van der Waals surface area contributed by atoms with E-state index in [2.05, 4.69) is 52.2 Å². The van der Waals surface area contributed by atoms with E-state index in [-0.39, 0.29) is 6.61 Å². The molecule has 0 spiro atoms. The van der Waals surface area contributed by atoms with Gasteiger partial charge in [0.15, 0.2) is 0 Å². The monoisotopic (exact) mass is 278 g/mol. The summed E-state index contributed by atoms with van der Waals surface area (Å²) in [6.07, 6.45) is 5.91. The summed E-state index contributed by atoms with van der Waals surface area (Å²) in [6, 6.07) is 9.08. The van der Waals surface area contributed by atoms with Crippen molar-refractivity contribution in [2.24, 2.45) is 0 Å². The van der Waals surface area contributed by atoms with Crippen molar-refractivity contribution < 1.29 is 5.11 Å². The van der Waals surface area contributed by atoms with Gasteiger partial charge in [-0.05, 0) is 30.4 Å². The lowest BCUT2D eigenvalue weighted by molar-refractivity contribution is 0.262. The molecule has 0 bridgehead atoms. The zero-order valence-corrected chi connectivity index (χ0v) is 13.7. The number of hydrogen-bond acceptors (Lipinski definition) is 1. The molecule has 0 aliphatic rings. The van der Waals surface area contributed by atoms with Crippen LogP contribution in [0.5, 0.6) is 0 Å². The maximum absolute atomic E-state index is 9.05. The third kappa shape index (κ3) is 4.92. The van der Waals surface area contributed by atoms with E-state index in [9.17, 15) is 0 Å². The first-order valence-corrected chi connectivity index (χ1v) is 8.09. The second-order valence-corrected chi connectivity index (χ2v) is 6.36. The van der Waals surface area contributed by atoms with Gasteiger partial charge in [-0.2, -0.15) is 0 Å². The summed E-state index contributed by atoms with van der Waals surface area (Å²) in [5, 5.41) is 9.05. The second-order valence-electron chi connectivity index (χ2n) is 6.36. The molecule has 0 aliphatic carbocycles. The van der Waals surface area contributed by atoms with E-state index in [1.807, 2.05) is 0 Å². The Morgan fingerprint density at radius 1 is 1.10 bits per heavy atom. The first-order valence-electron chi connectivity index (χ1n) is 8.09. The van der Waals surface area contributed by atoms with Crippen molar-refractivity contribution in [2.45, 2.75) is 51.9 Å². The number of aliphatic hydroxyl groups excluding tert-OH is 1. The van der Waals surface area contributed by atoms with Gasteiger partial charge in [0, 0.05) is 19.1 Å². The van der Waals surface area contributed by atoms with Crippen molar-refractivity contribution in [3.8, 4) is 0 Å². The van der Waals surface area contributed by atoms with Crippen LogP contribution in [0.25, 0.3) is 0 Å². The number of hydrogen-bond donors (Lipinski definition) is 1. The van der Waals surface area contributed by atoms with Gasteiger partial charge in [0.25, 0.3) is 0 Å². The van der Waals surface area contributed by atoms with E-state index >= 15 is 0 Å². The normalized spacial score (nSPS) is 12.1. The molecule has 0 fully saturated rings.